The Kier molecular flexibility index (Phi) is 8.65. The molecule has 0 radical (unpaired) electrons. The molecule has 0 spiro atoms. The number of halogens is 5. The van der Waals surface area contributed by atoms with Crippen molar-refractivity contribution >= 4 is 30.8 Å². The highest BCUT2D eigenvalue weighted by Gasteiger charge is 2.37. The largest absolute Gasteiger partial charge is 0.472 e. The Bertz CT molecular complexity index is 1810. The maximum Gasteiger partial charge on any atom is 0.421 e. The standard InChI is InChI=1S/C32H32ClF4N5O2Si/c1-45(2,3)11-8-20-12-27-30(38-15-20)42(16-24-7-10-43-24)29(39-27)18-41-9-6-21-13-25(32(35,36)37)31(40-28(21)17-41)44-19-22-4-5-23(33)14-26(22)34/h4-5,12-15,24H,6-7,9-10,16-19H2,1-3H3/t24-/m0/s1. The molecule has 2 aliphatic heterocycles. The quantitative estimate of drug-likeness (QED) is 0.124. The highest BCUT2D eigenvalue weighted by Crippen LogP contribution is 2.38. The van der Waals surface area contributed by atoms with Crippen LogP contribution in [0.3, 0.4) is 0 Å². The highest BCUT2D eigenvalue weighted by atomic mass is 35.5. The third-order valence-corrected chi connectivity index (χ3v) is 8.81. The molecule has 2 aliphatic rings. The van der Waals surface area contributed by atoms with Crippen molar-refractivity contribution in [2.75, 3.05) is 13.2 Å². The van der Waals surface area contributed by atoms with Crippen LogP contribution in [-0.2, 0) is 43.6 Å². The number of hydrogen-bond donors (Lipinski definition) is 0. The van der Waals surface area contributed by atoms with E-state index in [1.54, 1.807) is 6.20 Å². The van der Waals surface area contributed by atoms with Crippen LogP contribution in [0.15, 0.2) is 36.5 Å². The van der Waals surface area contributed by atoms with Gasteiger partial charge in [0.05, 0.1) is 24.9 Å². The number of rotatable bonds is 7. The van der Waals surface area contributed by atoms with Gasteiger partial charge in [0, 0.05) is 42.0 Å². The fourth-order valence-corrected chi connectivity index (χ4v) is 5.94. The van der Waals surface area contributed by atoms with Crippen LogP contribution in [0.5, 0.6) is 5.88 Å². The average molecular weight is 658 g/mol. The first kappa shape index (κ1) is 31.5. The number of benzene rings is 1. The zero-order valence-electron chi connectivity index (χ0n) is 25.1. The summed E-state index contributed by atoms with van der Waals surface area (Å²) < 4.78 is 69.6. The maximum absolute atomic E-state index is 14.3. The van der Waals surface area contributed by atoms with Gasteiger partial charge >= 0.3 is 6.18 Å². The molecule has 0 saturated carbocycles. The first-order valence-electron chi connectivity index (χ1n) is 14.7. The Labute approximate surface area is 264 Å². The van der Waals surface area contributed by atoms with Crippen molar-refractivity contribution in [2.24, 2.45) is 0 Å². The van der Waals surface area contributed by atoms with Crippen LogP contribution >= 0.6 is 11.6 Å². The number of ether oxygens (including phenoxy) is 2. The molecule has 0 amide bonds. The van der Waals surface area contributed by atoms with Crippen molar-refractivity contribution in [2.45, 2.75) is 71.0 Å². The van der Waals surface area contributed by atoms with Gasteiger partial charge in [-0.2, -0.15) is 13.2 Å². The number of imidazole rings is 1. The van der Waals surface area contributed by atoms with Crippen molar-refractivity contribution < 1.29 is 27.0 Å². The second kappa shape index (κ2) is 12.4. The van der Waals surface area contributed by atoms with Gasteiger partial charge < -0.3 is 14.0 Å². The van der Waals surface area contributed by atoms with Crippen molar-refractivity contribution in [3.05, 3.63) is 81.1 Å². The Morgan fingerprint density at radius 2 is 1.96 bits per heavy atom. The van der Waals surface area contributed by atoms with Gasteiger partial charge in [-0.25, -0.2) is 19.3 Å². The Balaban J connectivity index is 1.27. The molecule has 13 heteroatoms. The Morgan fingerprint density at radius 3 is 2.64 bits per heavy atom. The smallest absolute Gasteiger partial charge is 0.421 e. The third kappa shape index (κ3) is 7.33. The predicted octanol–water partition coefficient (Wildman–Crippen LogP) is 6.79. The maximum atomic E-state index is 14.3. The molecule has 45 heavy (non-hydrogen) atoms. The van der Waals surface area contributed by atoms with Crippen LogP contribution in [0.2, 0.25) is 24.7 Å². The lowest BCUT2D eigenvalue weighted by molar-refractivity contribution is -0.139. The summed E-state index contributed by atoms with van der Waals surface area (Å²) in [6.07, 6.45) is -1.52. The molecular weight excluding hydrogens is 626 g/mol. The molecule has 5 heterocycles. The molecular formula is C32H32ClF4N5O2Si. The highest BCUT2D eigenvalue weighted by molar-refractivity contribution is 6.83. The van der Waals surface area contributed by atoms with Crippen LogP contribution in [0.25, 0.3) is 11.2 Å². The number of pyridine rings is 2. The monoisotopic (exact) mass is 657 g/mol. The van der Waals surface area contributed by atoms with E-state index in [1.165, 1.54) is 12.1 Å². The Hall–Kier alpha value is -3.50. The summed E-state index contributed by atoms with van der Waals surface area (Å²) in [5.41, 5.74) is 5.74. The summed E-state index contributed by atoms with van der Waals surface area (Å²) in [6, 6.07) is 6.97. The summed E-state index contributed by atoms with van der Waals surface area (Å²) >= 11 is 5.81. The van der Waals surface area contributed by atoms with Crippen molar-refractivity contribution in [1.29, 1.82) is 0 Å². The van der Waals surface area contributed by atoms with Crippen molar-refractivity contribution in [3.8, 4) is 17.3 Å². The van der Waals surface area contributed by atoms with E-state index in [4.69, 9.17) is 31.0 Å². The van der Waals surface area contributed by atoms with Gasteiger partial charge in [-0.3, -0.25) is 4.90 Å². The van der Waals surface area contributed by atoms with Gasteiger partial charge in [0.15, 0.2) is 5.65 Å². The van der Waals surface area contributed by atoms with Gasteiger partial charge in [0.1, 0.15) is 37.4 Å². The molecule has 6 rings (SSSR count). The van der Waals surface area contributed by atoms with Gasteiger partial charge in [0.2, 0.25) is 5.88 Å². The van der Waals surface area contributed by atoms with Gasteiger partial charge in [0.25, 0.3) is 0 Å². The zero-order chi connectivity index (χ0) is 31.9. The molecule has 1 atom stereocenters. The molecule has 7 nitrogen and oxygen atoms in total. The van der Waals surface area contributed by atoms with E-state index in [1.807, 2.05) is 6.07 Å². The van der Waals surface area contributed by atoms with E-state index in [9.17, 15) is 17.6 Å². The number of aromatic nitrogens is 4. The summed E-state index contributed by atoms with van der Waals surface area (Å²) in [7, 11) is -1.57. The van der Waals surface area contributed by atoms with Crippen molar-refractivity contribution in [1.82, 2.24) is 24.4 Å². The molecule has 0 bridgehead atoms. The lowest BCUT2D eigenvalue weighted by Gasteiger charge is -2.30. The number of hydrogen-bond acceptors (Lipinski definition) is 6. The lowest BCUT2D eigenvalue weighted by Crippen LogP contribution is -2.34. The predicted molar refractivity (Wildman–Crippen MR) is 165 cm³/mol. The van der Waals surface area contributed by atoms with E-state index in [2.05, 4.69) is 45.6 Å². The van der Waals surface area contributed by atoms with Gasteiger partial charge in [-0.1, -0.05) is 43.2 Å². The van der Waals surface area contributed by atoms with Crippen LogP contribution in [0, 0.1) is 17.3 Å². The third-order valence-electron chi connectivity index (χ3n) is 7.70. The molecule has 0 N–H and O–H groups in total. The second-order valence-corrected chi connectivity index (χ2v) is 17.6. The molecule has 4 aromatic rings. The van der Waals surface area contributed by atoms with E-state index in [0.717, 1.165) is 47.7 Å². The average Bonchev–Trinajstić information content (AvgIpc) is 3.27. The topological polar surface area (TPSA) is 65.3 Å². The summed E-state index contributed by atoms with van der Waals surface area (Å²) in [6.45, 7) is 8.70. The molecule has 3 aromatic heterocycles. The van der Waals surface area contributed by atoms with E-state index in [0.29, 0.717) is 43.9 Å². The van der Waals surface area contributed by atoms with E-state index in [-0.39, 0.29) is 16.7 Å². The van der Waals surface area contributed by atoms with Crippen LogP contribution in [-0.4, -0.2) is 51.7 Å². The minimum Gasteiger partial charge on any atom is -0.472 e. The second-order valence-electron chi connectivity index (χ2n) is 12.4. The first-order chi connectivity index (χ1) is 21.3. The molecule has 236 valence electrons. The summed E-state index contributed by atoms with van der Waals surface area (Å²) in [5, 5.41) is 0.180. The number of nitrogens with zero attached hydrogens (tertiary/aromatic N) is 5. The lowest BCUT2D eigenvalue weighted by atomic mass is 10.0. The number of fused-ring (bicyclic) bond motifs is 2. The van der Waals surface area contributed by atoms with E-state index >= 15 is 0 Å². The molecule has 0 unspecified atom stereocenters. The fourth-order valence-electron chi connectivity index (χ4n) is 5.26. The molecule has 1 aromatic carbocycles. The Morgan fingerprint density at radius 1 is 1.16 bits per heavy atom. The van der Waals surface area contributed by atoms with E-state index < -0.39 is 38.1 Å². The first-order valence-corrected chi connectivity index (χ1v) is 18.6. The minimum atomic E-state index is -4.69. The normalized spacial score (nSPS) is 17.0. The molecule has 0 aliphatic carbocycles. The summed E-state index contributed by atoms with van der Waals surface area (Å²) in [4.78, 5) is 16.1. The zero-order valence-corrected chi connectivity index (χ0v) is 26.9. The minimum absolute atomic E-state index is 0.0732. The van der Waals surface area contributed by atoms with Gasteiger partial charge in [-0.05, 0) is 42.7 Å². The summed E-state index contributed by atoms with van der Waals surface area (Å²) in [5.74, 6) is 2.78. The SMILES string of the molecule is C[Si](C)(C)C#Cc1cnc2c(c1)nc(CN1CCc3cc(C(F)(F)F)c(OCc4ccc(Cl)cc4F)nc3C1)n2C[C@@H]1CCO1. The van der Waals surface area contributed by atoms with Gasteiger partial charge in [-0.15, -0.1) is 5.54 Å². The fraction of sp³-hybridized carbons (Fsp3) is 0.406. The van der Waals surface area contributed by atoms with Crippen LogP contribution in [0.1, 0.15) is 40.2 Å². The molecule has 1 saturated heterocycles. The molecule has 1 fully saturated rings. The van der Waals surface area contributed by atoms with Crippen LogP contribution in [0.4, 0.5) is 17.6 Å². The van der Waals surface area contributed by atoms with Crippen molar-refractivity contribution in [3.63, 3.8) is 0 Å². The van der Waals surface area contributed by atoms with Crippen LogP contribution < -0.4 is 4.74 Å². The number of alkyl halides is 3.